The molecule has 12 atom stereocenters. The monoisotopic (exact) mass is 1100 g/mol. The van der Waals surface area contributed by atoms with Gasteiger partial charge in [-0.1, -0.05) is 0 Å². The van der Waals surface area contributed by atoms with Gasteiger partial charge < -0.3 is 29.9 Å². The lowest BCUT2D eigenvalue weighted by molar-refractivity contribution is -0.145. The Morgan fingerprint density at radius 3 is 0.971 bits per heavy atom. The highest BCUT2D eigenvalue weighted by Gasteiger charge is 2.49. The van der Waals surface area contributed by atoms with E-state index in [0.717, 1.165) is 58.9 Å². The first-order valence-electron chi connectivity index (χ1n) is 22.5. The van der Waals surface area contributed by atoms with Crippen molar-refractivity contribution in [1.82, 2.24) is 19.6 Å². The maximum Gasteiger partial charge on any atom is 0.321 e. The van der Waals surface area contributed by atoms with Crippen LogP contribution >= 0.6 is 94.1 Å². The predicted molar refractivity (Wildman–Crippen MR) is 275 cm³/mol. The second-order valence-electron chi connectivity index (χ2n) is 16.9. The van der Waals surface area contributed by atoms with E-state index in [4.69, 9.17) is 15.3 Å². The molecule has 8 rings (SSSR count). The molecule has 384 valence electrons. The van der Waals surface area contributed by atoms with Crippen LogP contribution in [0.15, 0.2) is 0 Å². The molecule has 0 aromatic rings. The van der Waals surface area contributed by atoms with Gasteiger partial charge in [-0.3, -0.25) is 58.0 Å². The number of Topliss-reactive ketones (excluding diaryl/α,β-unsaturated/α-hetero) is 2. The Labute approximate surface area is 431 Å². The van der Waals surface area contributed by atoms with Crippen LogP contribution < -0.4 is 0 Å². The fourth-order valence-electron chi connectivity index (χ4n) is 9.19. The number of carboxylic acid groups (broad SMARTS) is 4. The number of esters is 2. The van der Waals surface area contributed by atoms with Gasteiger partial charge in [0.25, 0.3) is 0 Å². The van der Waals surface area contributed by atoms with Gasteiger partial charge in [-0.15, -0.1) is 94.1 Å². The number of ether oxygens (including phenoxy) is 2. The Kier molecular flexibility index (Phi) is 24.0. The highest BCUT2D eigenvalue weighted by molar-refractivity contribution is 8.09. The van der Waals surface area contributed by atoms with E-state index in [2.05, 4.69) is 24.2 Å². The Morgan fingerprint density at radius 1 is 0.412 bits per heavy atom. The Hall–Kier alpha value is -1.20. The quantitative estimate of drug-likeness (QED) is 0.104. The van der Waals surface area contributed by atoms with Gasteiger partial charge >= 0.3 is 35.8 Å². The van der Waals surface area contributed by atoms with Crippen LogP contribution in [0.5, 0.6) is 0 Å². The molecule has 12 unspecified atom stereocenters. The van der Waals surface area contributed by atoms with Gasteiger partial charge in [0.2, 0.25) is 0 Å². The van der Waals surface area contributed by atoms with Crippen LogP contribution in [0.25, 0.3) is 0 Å². The Bertz CT molecular complexity index is 1710. The number of aliphatic carboxylic acids is 4. The summed E-state index contributed by atoms with van der Waals surface area (Å²) in [5, 5.41) is 38.6. The lowest BCUT2D eigenvalue weighted by atomic mass is 10.0. The summed E-state index contributed by atoms with van der Waals surface area (Å²) >= 11 is 14.9. The number of hydrogen-bond donors (Lipinski definition) is 4. The van der Waals surface area contributed by atoms with E-state index in [9.17, 15) is 43.5 Å². The molecular weight excluding hydrogens is 1040 g/mol. The van der Waals surface area contributed by atoms with Crippen LogP contribution in [0.2, 0.25) is 0 Å². The molecule has 0 saturated carbocycles. The molecule has 8 saturated heterocycles. The van der Waals surface area contributed by atoms with Crippen molar-refractivity contribution < 1.29 is 68.3 Å². The molecule has 68 heavy (non-hydrogen) atoms. The number of carbonyl (C=O) groups excluding carboxylic acids is 4. The molecule has 0 radical (unpaired) electrons. The fraction of sp³-hybridized carbons (Fsp3) is 0.810. The third-order valence-electron chi connectivity index (χ3n) is 12.5. The SMILES string of the molecule is COC(=O)CCC(C(C)=O)N1C2CSC1CS2.COC(=O)CCCC(C(C)=O)N1C2CSC1CS2.O=C(O)CCC(C(=O)O)N1C2CSC1CS2.O=C(O)CCCC(C(=O)O)N1C2CSC1CS2. The molecular formula is C42H64N4O14S8. The zero-order valence-corrected chi connectivity index (χ0v) is 45.1. The molecule has 0 amide bonds. The zero-order chi connectivity index (χ0) is 49.7. The smallest absolute Gasteiger partial charge is 0.321 e. The average Bonchev–Trinajstić information content (AvgIpc) is 4.22. The first-order valence-corrected chi connectivity index (χ1v) is 30.9. The highest BCUT2D eigenvalue weighted by Crippen LogP contribution is 2.48. The Balaban J connectivity index is 0.000000170. The summed E-state index contributed by atoms with van der Waals surface area (Å²) in [7, 11) is 2.79. The summed E-state index contributed by atoms with van der Waals surface area (Å²) < 4.78 is 9.26. The molecule has 8 bridgehead atoms. The molecule has 8 aliphatic rings. The van der Waals surface area contributed by atoms with Crippen molar-refractivity contribution in [3.05, 3.63) is 0 Å². The maximum atomic E-state index is 11.8. The minimum absolute atomic E-state index is 0.0188. The van der Waals surface area contributed by atoms with Crippen molar-refractivity contribution >= 4 is 141 Å². The van der Waals surface area contributed by atoms with Gasteiger partial charge in [-0.2, -0.15) is 0 Å². The summed E-state index contributed by atoms with van der Waals surface area (Å²) in [6.07, 6.45) is 3.81. The number of carbonyl (C=O) groups is 8. The van der Waals surface area contributed by atoms with E-state index in [1.807, 2.05) is 75.5 Å². The van der Waals surface area contributed by atoms with Crippen LogP contribution in [0.4, 0.5) is 0 Å². The first-order chi connectivity index (χ1) is 32.4. The average molecular weight is 1110 g/mol. The van der Waals surface area contributed by atoms with Crippen LogP contribution in [0.1, 0.15) is 78.1 Å². The standard InChI is InChI=1S/C12H19NO3S2.C11H17NO3S2.C10H15NO4S2.C9H13NO4S2/c1-8(14)9(4-3-5-12(15)16-2)13-10-6-17-11(13)7-18-10;1-7(13)8(3-4-11(14)15-2)12-9-5-16-10(12)6-17-9;12-9(13)3-1-2-6(10(14)15)11-7-4-16-8(11)5-17-7;11-8(12)2-1-5(9(13)14)10-6-3-15-7(10)4-16-6/h9-11H,3-7H2,1-2H3;8-10H,3-6H2,1-2H3;6-8H,1-5H2,(H,12,13)(H,14,15);5-7H,1-4H2,(H,11,12)(H,13,14). The van der Waals surface area contributed by atoms with Crippen LogP contribution in [0.3, 0.4) is 0 Å². The largest absolute Gasteiger partial charge is 0.481 e. The van der Waals surface area contributed by atoms with Crippen molar-refractivity contribution in [1.29, 1.82) is 0 Å². The minimum atomic E-state index is -0.932. The molecule has 26 heteroatoms. The first kappa shape index (κ1) is 57.7. The lowest BCUT2D eigenvalue weighted by Gasteiger charge is -2.28. The fourth-order valence-corrected chi connectivity index (χ4v) is 22.7. The van der Waals surface area contributed by atoms with Crippen molar-refractivity contribution in [3.8, 4) is 0 Å². The van der Waals surface area contributed by atoms with Crippen LogP contribution in [-0.2, 0) is 47.8 Å². The normalized spacial score (nSPS) is 29.4. The molecule has 8 aliphatic heterocycles. The van der Waals surface area contributed by atoms with Gasteiger partial charge in [0.05, 0.1) is 69.3 Å². The summed E-state index contributed by atoms with van der Waals surface area (Å²) in [6.45, 7) is 3.28. The molecule has 8 heterocycles. The van der Waals surface area contributed by atoms with Gasteiger partial charge in [0, 0.05) is 71.7 Å². The summed E-state index contributed by atoms with van der Waals surface area (Å²) in [6, 6.07) is -1.30. The molecule has 0 aliphatic carbocycles. The third-order valence-corrected chi connectivity index (χ3v) is 24.6. The summed E-state index contributed by atoms with van der Waals surface area (Å²) in [4.78, 5) is 97.9. The minimum Gasteiger partial charge on any atom is -0.481 e. The van der Waals surface area contributed by atoms with Crippen molar-refractivity contribution in [3.63, 3.8) is 0 Å². The molecule has 18 nitrogen and oxygen atoms in total. The third kappa shape index (κ3) is 15.9. The van der Waals surface area contributed by atoms with Gasteiger partial charge in [-0.05, 0) is 52.4 Å². The molecule has 0 aromatic carbocycles. The van der Waals surface area contributed by atoms with E-state index in [1.165, 1.54) is 14.2 Å². The molecule has 0 aromatic heterocycles. The van der Waals surface area contributed by atoms with Gasteiger partial charge in [-0.25, -0.2) is 0 Å². The number of ketones is 2. The number of thioether (sulfide) groups is 8. The van der Waals surface area contributed by atoms with E-state index in [-0.39, 0.29) is 65.6 Å². The predicted octanol–water partition coefficient (Wildman–Crippen LogP) is 4.97. The van der Waals surface area contributed by atoms with Crippen LogP contribution in [-0.4, -0.2) is 215 Å². The number of carboxylic acids is 4. The van der Waals surface area contributed by atoms with Crippen molar-refractivity contribution in [2.75, 3.05) is 60.2 Å². The Morgan fingerprint density at radius 2 is 0.676 bits per heavy atom. The topological polar surface area (TPSA) is 249 Å². The molecule has 0 spiro atoms. The molecule has 8 fully saturated rings. The summed E-state index contributed by atoms with van der Waals surface area (Å²) in [5.41, 5.74) is 0. The number of nitrogens with zero attached hydrogens (tertiary/aromatic N) is 4. The maximum absolute atomic E-state index is 11.8. The van der Waals surface area contributed by atoms with E-state index in [0.29, 0.717) is 64.3 Å². The number of hydrogen-bond acceptors (Lipinski definition) is 22. The number of methoxy groups -OCH3 is 2. The van der Waals surface area contributed by atoms with E-state index in [1.54, 1.807) is 37.4 Å². The van der Waals surface area contributed by atoms with E-state index >= 15 is 0 Å². The number of rotatable bonds is 22. The lowest BCUT2D eigenvalue weighted by Crippen LogP contribution is -2.44. The summed E-state index contributed by atoms with van der Waals surface area (Å²) in [5.74, 6) is 4.74. The van der Waals surface area contributed by atoms with Gasteiger partial charge in [0.1, 0.15) is 23.7 Å². The second kappa shape index (κ2) is 28.3. The van der Waals surface area contributed by atoms with Gasteiger partial charge in [0.15, 0.2) is 0 Å². The highest BCUT2D eigenvalue weighted by atomic mass is 32.2. The van der Waals surface area contributed by atoms with Crippen molar-refractivity contribution in [2.45, 2.75) is 145 Å². The van der Waals surface area contributed by atoms with E-state index < -0.39 is 36.0 Å². The number of fused-ring (bicyclic) bond motifs is 8. The zero-order valence-electron chi connectivity index (χ0n) is 38.6. The van der Waals surface area contributed by atoms with Crippen LogP contribution in [0, 0.1) is 0 Å². The van der Waals surface area contributed by atoms with Crippen molar-refractivity contribution in [2.24, 2.45) is 0 Å². The molecule has 4 N–H and O–H groups in total. The second-order valence-corrected chi connectivity index (χ2v) is 26.5.